The van der Waals surface area contributed by atoms with Gasteiger partial charge in [-0.3, -0.25) is 4.99 Å². The fourth-order valence-electron chi connectivity index (χ4n) is 2.07. The lowest BCUT2D eigenvalue weighted by molar-refractivity contribution is 0.516. The van der Waals surface area contributed by atoms with Crippen molar-refractivity contribution < 1.29 is 0 Å². The van der Waals surface area contributed by atoms with E-state index in [0.29, 0.717) is 12.0 Å². The van der Waals surface area contributed by atoms with Gasteiger partial charge in [0.1, 0.15) is 0 Å². The van der Waals surface area contributed by atoms with Crippen molar-refractivity contribution in [3.8, 4) is 0 Å². The summed E-state index contributed by atoms with van der Waals surface area (Å²) in [5.41, 5.74) is 3.01. The van der Waals surface area contributed by atoms with Crippen molar-refractivity contribution in [2.24, 2.45) is 4.99 Å². The highest BCUT2D eigenvalue weighted by molar-refractivity contribution is 5.54. The smallest absolute Gasteiger partial charge is 0.0539 e. The molecule has 0 saturated carbocycles. The molecular weight excluding hydrogens is 158 g/mol. The summed E-state index contributed by atoms with van der Waals surface area (Å²) in [4.78, 5) is 4.42. The normalized spacial score (nSPS) is 22.5. The molecule has 0 aliphatic heterocycles. The van der Waals surface area contributed by atoms with Crippen molar-refractivity contribution in [2.75, 3.05) is 0 Å². The maximum Gasteiger partial charge on any atom is 0.0539 e. The van der Waals surface area contributed by atoms with Gasteiger partial charge in [0.25, 0.3) is 0 Å². The molecular formula is C12H15N. The van der Waals surface area contributed by atoms with Crippen molar-refractivity contribution in [1.29, 1.82) is 0 Å². The van der Waals surface area contributed by atoms with Crippen LogP contribution in [0.15, 0.2) is 29.3 Å². The van der Waals surface area contributed by atoms with Crippen LogP contribution in [0.2, 0.25) is 0 Å². The molecule has 0 aromatic heterocycles. The molecule has 2 rings (SSSR count). The summed E-state index contributed by atoms with van der Waals surface area (Å²) in [6.45, 7) is 4.18. The molecule has 0 spiro atoms. The minimum absolute atomic E-state index is 0.444. The molecule has 1 aromatic carbocycles. The molecule has 1 aliphatic rings. The van der Waals surface area contributed by atoms with Crippen LogP contribution in [-0.4, -0.2) is 12.3 Å². The van der Waals surface area contributed by atoms with Gasteiger partial charge in [0.05, 0.1) is 6.04 Å². The van der Waals surface area contributed by atoms with Crippen LogP contribution in [0.4, 0.5) is 0 Å². The predicted molar refractivity (Wildman–Crippen MR) is 56.5 cm³/mol. The quantitative estimate of drug-likeness (QED) is 0.610. The second-order valence-corrected chi connectivity index (χ2v) is 3.66. The predicted octanol–water partition coefficient (Wildman–Crippen LogP) is 2.81. The SMILES string of the molecule is CC=N[C@@H](C)C1Cc2ccccc21. The van der Waals surface area contributed by atoms with Crippen LogP contribution < -0.4 is 0 Å². The van der Waals surface area contributed by atoms with E-state index in [0.717, 1.165) is 0 Å². The van der Waals surface area contributed by atoms with Crippen molar-refractivity contribution in [3.05, 3.63) is 35.4 Å². The van der Waals surface area contributed by atoms with Crippen molar-refractivity contribution in [3.63, 3.8) is 0 Å². The third-order valence-electron chi connectivity index (χ3n) is 2.86. The Kier molecular flexibility index (Phi) is 2.17. The summed E-state index contributed by atoms with van der Waals surface area (Å²) in [5, 5.41) is 0. The molecule has 2 atom stereocenters. The van der Waals surface area contributed by atoms with E-state index in [9.17, 15) is 0 Å². The van der Waals surface area contributed by atoms with Crippen LogP contribution >= 0.6 is 0 Å². The lowest BCUT2D eigenvalue weighted by Crippen LogP contribution is -2.25. The number of benzene rings is 1. The summed E-state index contributed by atoms with van der Waals surface area (Å²) < 4.78 is 0. The Morgan fingerprint density at radius 3 is 2.92 bits per heavy atom. The van der Waals surface area contributed by atoms with E-state index in [2.05, 4.69) is 36.2 Å². The highest BCUT2D eigenvalue weighted by atomic mass is 14.8. The Hall–Kier alpha value is -1.11. The Labute approximate surface area is 79.5 Å². The largest absolute Gasteiger partial charge is 0.294 e. The number of hydrogen-bond donors (Lipinski definition) is 0. The highest BCUT2D eigenvalue weighted by Gasteiger charge is 2.29. The molecule has 1 aromatic rings. The standard InChI is InChI=1S/C12H15N/c1-3-13-9(2)12-8-10-6-4-5-7-11(10)12/h3-7,9,12H,8H2,1-2H3/t9-,12?/m0/s1. The van der Waals surface area contributed by atoms with Gasteiger partial charge in [-0.25, -0.2) is 0 Å². The number of hydrogen-bond acceptors (Lipinski definition) is 1. The van der Waals surface area contributed by atoms with Gasteiger partial charge in [0.15, 0.2) is 0 Å². The third-order valence-corrected chi connectivity index (χ3v) is 2.86. The maximum absolute atomic E-state index is 4.42. The van der Waals surface area contributed by atoms with Crippen molar-refractivity contribution in [1.82, 2.24) is 0 Å². The number of aliphatic imine (C=N–C) groups is 1. The minimum atomic E-state index is 0.444. The molecule has 0 fully saturated rings. The Morgan fingerprint density at radius 1 is 1.46 bits per heavy atom. The van der Waals surface area contributed by atoms with Gasteiger partial charge in [-0.15, -0.1) is 0 Å². The zero-order valence-corrected chi connectivity index (χ0v) is 8.20. The first-order valence-corrected chi connectivity index (χ1v) is 4.88. The molecule has 0 saturated heterocycles. The molecule has 1 unspecified atom stereocenters. The fourth-order valence-corrected chi connectivity index (χ4v) is 2.07. The van der Waals surface area contributed by atoms with Gasteiger partial charge in [-0.2, -0.15) is 0 Å². The van der Waals surface area contributed by atoms with E-state index in [1.807, 2.05) is 13.1 Å². The first-order valence-electron chi connectivity index (χ1n) is 4.88. The second-order valence-electron chi connectivity index (χ2n) is 3.66. The Balaban J connectivity index is 2.17. The summed E-state index contributed by atoms with van der Waals surface area (Å²) in [5.74, 6) is 0.660. The maximum atomic E-state index is 4.42. The van der Waals surface area contributed by atoms with Gasteiger partial charge in [0, 0.05) is 5.92 Å². The van der Waals surface area contributed by atoms with Crippen LogP contribution in [0.5, 0.6) is 0 Å². The average molecular weight is 173 g/mol. The zero-order valence-electron chi connectivity index (χ0n) is 8.20. The number of rotatable bonds is 2. The van der Waals surface area contributed by atoms with Crippen molar-refractivity contribution in [2.45, 2.75) is 32.2 Å². The molecule has 0 amide bonds. The average Bonchev–Trinajstić information content (AvgIpc) is 2.07. The van der Waals surface area contributed by atoms with Crippen LogP contribution in [-0.2, 0) is 6.42 Å². The first-order chi connectivity index (χ1) is 6.33. The molecule has 1 heteroatoms. The van der Waals surface area contributed by atoms with E-state index in [-0.39, 0.29) is 0 Å². The van der Waals surface area contributed by atoms with E-state index >= 15 is 0 Å². The summed E-state index contributed by atoms with van der Waals surface area (Å²) in [7, 11) is 0. The molecule has 0 N–H and O–H groups in total. The van der Waals surface area contributed by atoms with Gasteiger partial charge in [0.2, 0.25) is 0 Å². The van der Waals surface area contributed by atoms with E-state index in [1.54, 1.807) is 0 Å². The summed E-state index contributed by atoms with van der Waals surface area (Å²) >= 11 is 0. The summed E-state index contributed by atoms with van der Waals surface area (Å²) in [6, 6.07) is 9.12. The van der Waals surface area contributed by atoms with Gasteiger partial charge >= 0.3 is 0 Å². The topological polar surface area (TPSA) is 12.4 Å². The zero-order chi connectivity index (χ0) is 9.26. The second kappa shape index (κ2) is 3.33. The van der Waals surface area contributed by atoms with Crippen LogP contribution in [0, 0.1) is 0 Å². The highest BCUT2D eigenvalue weighted by Crippen LogP contribution is 2.38. The molecule has 0 bridgehead atoms. The van der Waals surface area contributed by atoms with E-state index < -0.39 is 0 Å². The van der Waals surface area contributed by atoms with Gasteiger partial charge in [-0.05, 0) is 37.6 Å². The minimum Gasteiger partial charge on any atom is -0.294 e. The van der Waals surface area contributed by atoms with Crippen molar-refractivity contribution >= 4 is 6.21 Å². The monoisotopic (exact) mass is 173 g/mol. The van der Waals surface area contributed by atoms with Crippen LogP contribution in [0.1, 0.15) is 30.9 Å². The first kappa shape index (κ1) is 8.49. The number of fused-ring (bicyclic) bond motifs is 1. The fraction of sp³-hybridized carbons (Fsp3) is 0.417. The van der Waals surface area contributed by atoms with Crippen LogP contribution in [0.3, 0.4) is 0 Å². The van der Waals surface area contributed by atoms with Gasteiger partial charge in [-0.1, -0.05) is 24.3 Å². The van der Waals surface area contributed by atoms with E-state index in [1.165, 1.54) is 17.5 Å². The number of nitrogens with zero attached hydrogens (tertiary/aromatic N) is 1. The summed E-state index contributed by atoms with van der Waals surface area (Å²) in [6.07, 6.45) is 3.11. The van der Waals surface area contributed by atoms with Crippen LogP contribution in [0.25, 0.3) is 0 Å². The lowest BCUT2D eigenvalue weighted by Gasteiger charge is -2.32. The van der Waals surface area contributed by atoms with Gasteiger partial charge < -0.3 is 0 Å². The molecule has 13 heavy (non-hydrogen) atoms. The molecule has 1 nitrogen and oxygen atoms in total. The molecule has 0 heterocycles. The third kappa shape index (κ3) is 1.39. The molecule has 0 radical (unpaired) electrons. The van der Waals surface area contributed by atoms with E-state index in [4.69, 9.17) is 0 Å². The molecule has 68 valence electrons. The molecule has 1 aliphatic carbocycles. The Morgan fingerprint density at radius 2 is 2.23 bits per heavy atom. The lowest BCUT2D eigenvalue weighted by atomic mass is 9.74. The Bertz CT molecular complexity index is 328.